The van der Waals surface area contributed by atoms with Crippen molar-refractivity contribution in [1.82, 2.24) is 9.55 Å². The van der Waals surface area contributed by atoms with Crippen molar-refractivity contribution >= 4 is 22.6 Å². The Bertz CT molecular complexity index is 387. The van der Waals surface area contributed by atoms with Gasteiger partial charge in [-0.15, -0.1) is 0 Å². The molecule has 1 aromatic heterocycles. The molecule has 1 aromatic carbocycles. The summed E-state index contributed by atoms with van der Waals surface area (Å²) in [7, 11) is 2.01. The van der Waals surface area contributed by atoms with E-state index in [1.165, 1.54) is 11.3 Å². The Kier molecular flexibility index (Phi) is 2.35. The van der Waals surface area contributed by atoms with Crippen molar-refractivity contribution < 1.29 is 0 Å². The van der Waals surface area contributed by atoms with Crippen LogP contribution in [0.2, 0.25) is 0 Å². The number of hydrogen-bond donors (Lipinski definition) is 0. The Balaban J connectivity index is 2.59. The van der Waals surface area contributed by atoms with Gasteiger partial charge in [0, 0.05) is 12.6 Å². The Morgan fingerprint density at radius 2 is 1.92 bits per heavy atom. The van der Waals surface area contributed by atoms with Crippen LogP contribution in [0.4, 0.5) is 0 Å². The average molecular weight is 284 g/mol. The first-order valence-electron chi connectivity index (χ1n) is 4.01. The van der Waals surface area contributed by atoms with E-state index < -0.39 is 0 Å². The molecule has 0 saturated heterocycles. The Labute approximate surface area is 90.8 Å². The molecular formula is C10H9IN2. The monoisotopic (exact) mass is 284 g/mol. The molecule has 0 atom stereocenters. The topological polar surface area (TPSA) is 17.8 Å². The molecule has 2 aromatic rings. The van der Waals surface area contributed by atoms with Gasteiger partial charge in [0.1, 0.15) is 3.70 Å². The average Bonchev–Trinajstić information content (AvgIpc) is 2.48. The van der Waals surface area contributed by atoms with Crippen LogP contribution in [0.3, 0.4) is 0 Å². The summed E-state index contributed by atoms with van der Waals surface area (Å²) in [5.74, 6) is 0. The van der Waals surface area contributed by atoms with Crippen LogP contribution in [0.25, 0.3) is 11.3 Å². The normalized spacial score (nSPS) is 10.3. The van der Waals surface area contributed by atoms with Crippen LogP contribution in [0, 0.1) is 3.70 Å². The second-order valence-electron chi connectivity index (χ2n) is 2.86. The van der Waals surface area contributed by atoms with Gasteiger partial charge in [0.25, 0.3) is 0 Å². The van der Waals surface area contributed by atoms with Crippen molar-refractivity contribution in [3.8, 4) is 11.3 Å². The fourth-order valence-electron chi connectivity index (χ4n) is 1.32. The highest BCUT2D eigenvalue weighted by molar-refractivity contribution is 14.1. The summed E-state index contributed by atoms with van der Waals surface area (Å²) in [5, 5.41) is 0. The van der Waals surface area contributed by atoms with Crippen molar-refractivity contribution in [3.05, 3.63) is 40.4 Å². The van der Waals surface area contributed by atoms with Gasteiger partial charge in [-0.05, 0) is 22.6 Å². The van der Waals surface area contributed by atoms with E-state index in [0.717, 1.165) is 3.70 Å². The third-order valence-corrected chi connectivity index (χ3v) is 2.73. The van der Waals surface area contributed by atoms with Crippen molar-refractivity contribution in [2.24, 2.45) is 7.05 Å². The van der Waals surface area contributed by atoms with E-state index >= 15 is 0 Å². The van der Waals surface area contributed by atoms with Crippen molar-refractivity contribution in [2.75, 3.05) is 0 Å². The highest BCUT2D eigenvalue weighted by Crippen LogP contribution is 2.22. The second-order valence-corrected chi connectivity index (χ2v) is 3.88. The van der Waals surface area contributed by atoms with E-state index in [2.05, 4.69) is 39.7 Å². The maximum absolute atomic E-state index is 4.24. The van der Waals surface area contributed by atoms with Gasteiger partial charge in [-0.2, -0.15) is 0 Å². The predicted molar refractivity (Wildman–Crippen MR) is 61.4 cm³/mol. The molecule has 0 fully saturated rings. The molecule has 66 valence electrons. The molecule has 0 spiro atoms. The van der Waals surface area contributed by atoms with Crippen LogP contribution in [0.1, 0.15) is 0 Å². The van der Waals surface area contributed by atoms with E-state index in [-0.39, 0.29) is 0 Å². The third-order valence-electron chi connectivity index (χ3n) is 1.94. The van der Waals surface area contributed by atoms with Crippen LogP contribution in [0.5, 0.6) is 0 Å². The predicted octanol–water partition coefficient (Wildman–Crippen LogP) is 2.69. The molecule has 0 radical (unpaired) electrons. The molecule has 0 aliphatic heterocycles. The van der Waals surface area contributed by atoms with Gasteiger partial charge in [0.15, 0.2) is 0 Å². The molecule has 2 nitrogen and oxygen atoms in total. The lowest BCUT2D eigenvalue weighted by Crippen LogP contribution is -1.90. The summed E-state index contributed by atoms with van der Waals surface area (Å²) < 4.78 is 3.09. The third kappa shape index (κ3) is 1.60. The number of aromatic nitrogens is 2. The lowest BCUT2D eigenvalue weighted by Gasteiger charge is -2.01. The van der Waals surface area contributed by atoms with Gasteiger partial charge in [0.05, 0.1) is 12.0 Å². The molecule has 3 heteroatoms. The second kappa shape index (κ2) is 3.49. The lowest BCUT2D eigenvalue weighted by molar-refractivity contribution is 0.921. The van der Waals surface area contributed by atoms with Crippen LogP contribution >= 0.6 is 22.6 Å². The number of aryl methyl sites for hydroxylation is 1. The van der Waals surface area contributed by atoms with Crippen LogP contribution in [-0.2, 0) is 7.05 Å². The quantitative estimate of drug-likeness (QED) is 0.736. The van der Waals surface area contributed by atoms with Gasteiger partial charge >= 0.3 is 0 Å². The molecule has 0 N–H and O–H groups in total. The highest BCUT2D eigenvalue weighted by atomic mass is 127. The van der Waals surface area contributed by atoms with Gasteiger partial charge in [-0.1, -0.05) is 30.3 Å². The van der Waals surface area contributed by atoms with Gasteiger partial charge in [0.2, 0.25) is 0 Å². The first-order chi connectivity index (χ1) is 6.29. The molecule has 2 rings (SSSR count). The first kappa shape index (κ1) is 8.74. The molecular weight excluding hydrogens is 275 g/mol. The van der Waals surface area contributed by atoms with Gasteiger partial charge < -0.3 is 4.57 Å². The standard InChI is InChI=1S/C10H9IN2/c1-13-7-12-10(11)9(13)8-5-3-2-4-6-8/h2-7H,1H3. The molecule has 13 heavy (non-hydrogen) atoms. The molecule has 0 amide bonds. The van der Waals surface area contributed by atoms with E-state index in [1.54, 1.807) is 0 Å². The van der Waals surface area contributed by atoms with E-state index in [1.807, 2.05) is 36.1 Å². The maximum Gasteiger partial charge on any atom is 0.127 e. The number of benzene rings is 1. The van der Waals surface area contributed by atoms with Crippen LogP contribution < -0.4 is 0 Å². The minimum atomic E-state index is 1.05. The molecule has 0 saturated carbocycles. The summed E-state index contributed by atoms with van der Waals surface area (Å²) in [6.07, 6.45) is 1.84. The lowest BCUT2D eigenvalue weighted by atomic mass is 10.2. The smallest absolute Gasteiger partial charge is 0.127 e. The summed E-state index contributed by atoms with van der Waals surface area (Å²) in [4.78, 5) is 4.24. The Hall–Kier alpha value is -0.840. The van der Waals surface area contributed by atoms with Crippen molar-refractivity contribution in [3.63, 3.8) is 0 Å². The molecule has 0 aliphatic carbocycles. The number of nitrogens with zero attached hydrogens (tertiary/aromatic N) is 2. The van der Waals surface area contributed by atoms with Gasteiger partial charge in [-0.25, -0.2) is 4.98 Å². The zero-order valence-corrected chi connectivity index (χ0v) is 9.39. The highest BCUT2D eigenvalue weighted by Gasteiger charge is 2.06. The number of imidazole rings is 1. The largest absolute Gasteiger partial charge is 0.333 e. The molecule has 1 heterocycles. The minimum absolute atomic E-state index is 1.05. The maximum atomic E-state index is 4.24. The van der Waals surface area contributed by atoms with E-state index in [0.29, 0.717) is 0 Å². The van der Waals surface area contributed by atoms with Crippen LogP contribution in [-0.4, -0.2) is 9.55 Å². The SMILES string of the molecule is Cn1cnc(I)c1-c1ccccc1. The Morgan fingerprint density at radius 3 is 2.46 bits per heavy atom. The summed E-state index contributed by atoms with van der Waals surface area (Å²) >= 11 is 2.25. The number of hydrogen-bond acceptors (Lipinski definition) is 1. The van der Waals surface area contributed by atoms with Crippen molar-refractivity contribution in [1.29, 1.82) is 0 Å². The summed E-state index contributed by atoms with van der Waals surface area (Å²) in [5.41, 5.74) is 2.40. The van der Waals surface area contributed by atoms with E-state index in [9.17, 15) is 0 Å². The molecule has 0 aliphatic rings. The number of halogens is 1. The zero-order chi connectivity index (χ0) is 9.26. The van der Waals surface area contributed by atoms with Gasteiger partial charge in [-0.3, -0.25) is 0 Å². The Morgan fingerprint density at radius 1 is 1.23 bits per heavy atom. The molecule has 0 bridgehead atoms. The fourth-order valence-corrected chi connectivity index (χ4v) is 2.14. The summed E-state index contributed by atoms with van der Waals surface area (Å²) in [6.45, 7) is 0. The fraction of sp³-hybridized carbons (Fsp3) is 0.100. The van der Waals surface area contributed by atoms with E-state index in [4.69, 9.17) is 0 Å². The number of rotatable bonds is 1. The minimum Gasteiger partial charge on any atom is -0.333 e. The zero-order valence-electron chi connectivity index (χ0n) is 7.24. The van der Waals surface area contributed by atoms with Crippen LogP contribution in [0.15, 0.2) is 36.7 Å². The first-order valence-corrected chi connectivity index (χ1v) is 5.09. The summed E-state index contributed by atoms with van der Waals surface area (Å²) in [6, 6.07) is 10.3. The van der Waals surface area contributed by atoms with Crippen molar-refractivity contribution in [2.45, 2.75) is 0 Å². The molecule has 0 unspecified atom stereocenters.